The van der Waals surface area contributed by atoms with Gasteiger partial charge in [-0.2, -0.15) is 4.98 Å². The van der Waals surface area contributed by atoms with Crippen LogP contribution in [-0.4, -0.2) is 51.5 Å². The fourth-order valence-corrected chi connectivity index (χ4v) is 4.36. The quantitative estimate of drug-likeness (QED) is 0.391. The maximum absolute atomic E-state index is 13.0. The largest absolute Gasteiger partial charge is 0.480 e. The molecule has 0 spiro atoms. The van der Waals surface area contributed by atoms with Gasteiger partial charge in [-0.15, -0.1) is 11.3 Å². The number of aryl methyl sites for hydroxylation is 2. The third-order valence-corrected chi connectivity index (χ3v) is 6.34. The summed E-state index contributed by atoms with van der Waals surface area (Å²) in [6.07, 6.45) is 1.65. The summed E-state index contributed by atoms with van der Waals surface area (Å²) in [5, 5.41) is 7.20. The van der Waals surface area contributed by atoms with E-state index in [-0.39, 0.29) is 11.8 Å². The molecule has 2 amide bonds. The highest BCUT2D eigenvalue weighted by Gasteiger charge is 2.31. The van der Waals surface area contributed by atoms with E-state index in [1.807, 2.05) is 19.1 Å². The van der Waals surface area contributed by atoms with Crippen molar-refractivity contribution in [1.29, 1.82) is 0 Å². The van der Waals surface area contributed by atoms with Crippen LogP contribution in [0.3, 0.4) is 0 Å². The van der Waals surface area contributed by atoms with Crippen molar-refractivity contribution in [2.24, 2.45) is 0 Å². The highest BCUT2D eigenvalue weighted by atomic mass is 32.1. The molecule has 1 saturated heterocycles. The fourth-order valence-electron chi connectivity index (χ4n) is 3.70. The maximum atomic E-state index is 13.0. The lowest BCUT2D eigenvalue weighted by Crippen LogP contribution is -2.29. The van der Waals surface area contributed by atoms with Crippen LogP contribution in [0, 0.1) is 13.8 Å². The zero-order valence-electron chi connectivity index (χ0n) is 19.8. The summed E-state index contributed by atoms with van der Waals surface area (Å²) in [6, 6.07) is 12.0. The molecule has 2 aromatic heterocycles. The van der Waals surface area contributed by atoms with Gasteiger partial charge in [0.2, 0.25) is 11.7 Å². The van der Waals surface area contributed by atoms with Crippen molar-refractivity contribution in [3.05, 3.63) is 65.0 Å². The first kappa shape index (κ1) is 23.5. The van der Waals surface area contributed by atoms with Crippen LogP contribution in [-0.2, 0) is 4.79 Å². The highest BCUT2D eigenvalue weighted by molar-refractivity contribution is 7.15. The number of likely N-dealkylation sites (tertiary alicyclic amines) is 1. The molecule has 10 nitrogen and oxygen atoms in total. The Morgan fingerprint density at radius 1 is 1.14 bits per heavy atom. The molecule has 1 N–H and O–H groups in total. The third-order valence-electron chi connectivity index (χ3n) is 5.52. The van der Waals surface area contributed by atoms with E-state index >= 15 is 0 Å². The Hall–Kier alpha value is -4.25. The summed E-state index contributed by atoms with van der Waals surface area (Å²) in [5.74, 6) is 1.78. The molecule has 2 aromatic carbocycles. The first-order valence-electron chi connectivity index (χ1n) is 11.2. The van der Waals surface area contributed by atoms with E-state index in [1.165, 1.54) is 11.3 Å². The van der Waals surface area contributed by atoms with Crippen LogP contribution in [0.1, 0.15) is 27.5 Å². The number of rotatable bonds is 7. The molecule has 0 radical (unpaired) electrons. The molecule has 1 unspecified atom stereocenters. The second kappa shape index (κ2) is 9.78. The Kier molecular flexibility index (Phi) is 6.38. The molecule has 184 valence electrons. The summed E-state index contributed by atoms with van der Waals surface area (Å²) >= 11 is 1.38. The smallest absolute Gasteiger partial charge is 0.263 e. The number of ether oxygens (including phenoxy) is 2. The maximum Gasteiger partial charge on any atom is 0.263 e. The second-order valence-corrected chi connectivity index (χ2v) is 9.58. The molecule has 1 atom stereocenters. The van der Waals surface area contributed by atoms with E-state index < -0.39 is 6.10 Å². The molecule has 1 fully saturated rings. The van der Waals surface area contributed by atoms with Gasteiger partial charge in [-0.3, -0.25) is 14.9 Å². The Morgan fingerprint density at radius 3 is 2.56 bits per heavy atom. The van der Waals surface area contributed by atoms with E-state index in [9.17, 15) is 9.59 Å². The van der Waals surface area contributed by atoms with Gasteiger partial charge in [0.25, 0.3) is 11.8 Å². The van der Waals surface area contributed by atoms with E-state index in [0.29, 0.717) is 52.6 Å². The summed E-state index contributed by atoms with van der Waals surface area (Å²) in [4.78, 5) is 36.4. The topological polar surface area (TPSA) is 120 Å². The van der Waals surface area contributed by atoms with Crippen molar-refractivity contribution in [2.45, 2.75) is 26.4 Å². The minimum Gasteiger partial charge on any atom is -0.480 e. The number of thiazole rings is 1. The van der Waals surface area contributed by atoms with Gasteiger partial charge in [-0.05, 0) is 43.3 Å². The van der Waals surface area contributed by atoms with Gasteiger partial charge in [0.1, 0.15) is 17.2 Å². The number of nitrogens with zero attached hydrogens (tertiary/aromatic N) is 4. The molecule has 0 bridgehead atoms. The Labute approximate surface area is 210 Å². The molecule has 0 saturated carbocycles. The summed E-state index contributed by atoms with van der Waals surface area (Å²) in [7, 11) is 1.74. The minimum absolute atomic E-state index is 0.0992. The third kappa shape index (κ3) is 5.20. The zero-order chi connectivity index (χ0) is 25.2. The monoisotopic (exact) mass is 505 g/mol. The van der Waals surface area contributed by atoms with Gasteiger partial charge in [0.15, 0.2) is 11.2 Å². The van der Waals surface area contributed by atoms with E-state index in [4.69, 9.17) is 14.0 Å². The van der Waals surface area contributed by atoms with Crippen LogP contribution in [0.4, 0.5) is 5.13 Å². The molecular formula is C25H23N5O5S. The zero-order valence-corrected chi connectivity index (χ0v) is 20.7. The van der Waals surface area contributed by atoms with Gasteiger partial charge in [0, 0.05) is 55.2 Å². The van der Waals surface area contributed by atoms with Crippen molar-refractivity contribution < 1.29 is 23.6 Å². The van der Waals surface area contributed by atoms with Crippen molar-refractivity contribution >= 4 is 28.3 Å². The number of carbonyl (C=O) groups is 2. The van der Waals surface area contributed by atoms with Gasteiger partial charge in [-0.25, -0.2) is 4.98 Å². The van der Waals surface area contributed by atoms with Crippen LogP contribution in [0.25, 0.3) is 11.4 Å². The normalized spacial score (nSPS) is 15.2. The number of carbonyl (C=O) groups excluding carboxylic acids is 2. The van der Waals surface area contributed by atoms with Gasteiger partial charge < -0.3 is 18.9 Å². The molecule has 0 aliphatic carbocycles. The lowest BCUT2D eigenvalue weighted by Gasteiger charge is -2.15. The van der Waals surface area contributed by atoms with E-state index in [2.05, 4.69) is 20.4 Å². The summed E-state index contributed by atoms with van der Waals surface area (Å²) in [5.41, 5.74) is 1.09. The van der Waals surface area contributed by atoms with Crippen LogP contribution >= 0.6 is 11.3 Å². The van der Waals surface area contributed by atoms with E-state index in [0.717, 1.165) is 10.4 Å². The van der Waals surface area contributed by atoms with E-state index in [1.54, 1.807) is 55.4 Å². The van der Waals surface area contributed by atoms with Crippen molar-refractivity contribution in [3.63, 3.8) is 0 Å². The van der Waals surface area contributed by atoms with Crippen molar-refractivity contribution in [1.82, 2.24) is 20.0 Å². The van der Waals surface area contributed by atoms with Crippen LogP contribution in [0.5, 0.6) is 17.2 Å². The molecule has 1 aliphatic rings. The second-order valence-electron chi connectivity index (χ2n) is 8.34. The van der Waals surface area contributed by atoms with Crippen LogP contribution < -0.4 is 14.8 Å². The summed E-state index contributed by atoms with van der Waals surface area (Å²) < 4.78 is 17.0. The SMILES string of the molecule is Cc1nc(-c2ccc(Oc3cc(OC4CCN(C)C4=O)cc(C(=O)Nc4ncc(C)s4)c3)cc2)no1. The number of nitrogens with one attached hydrogen (secondary N) is 1. The number of benzene rings is 2. The molecule has 4 aromatic rings. The fraction of sp³-hybridized carbons (Fsp3) is 0.240. The standard InChI is InChI=1S/C25H23N5O5S/c1-14-13-26-25(36-14)28-23(31)17-10-19(12-20(11-17)34-21-8-9-30(3)24(21)32)33-18-6-4-16(5-7-18)22-27-15(2)35-29-22/h4-7,10-13,21H,8-9H2,1-3H3,(H,26,28,31). The molecular weight excluding hydrogens is 482 g/mol. The molecule has 36 heavy (non-hydrogen) atoms. The predicted octanol–water partition coefficient (Wildman–Crippen LogP) is 4.46. The predicted molar refractivity (Wildman–Crippen MR) is 132 cm³/mol. The number of hydrogen-bond donors (Lipinski definition) is 1. The highest BCUT2D eigenvalue weighted by Crippen LogP contribution is 2.31. The Balaban J connectivity index is 1.40. The Bertz CT molecular complexity index is 1410. The van der Waals surface area contributed by atoms with Gasteiger partial charge in [-0.1, -0.05) is 5.16 Å². The first-order valence-corrected chi connectivity index (χ1v) is 12.0. The average molecular weight is 506 g/mol. The van der Waals surface area contributed by atoms with Gasteiger partial charge in [0.05, 0.1) is 0 Å². The summed E-state index contributed by atoms with van der Waals surface area (Å²) in [6.45, 7) is 4.25. The molecule has 1 aliphatic heterocycles. The first-order chi connectivity index (χ1) is 17.3. The number of likely N-dealkylation sites (N-methyl/N-ethyl adjacent to an activating group) is 1. The minimum atomic E-state index is -0.611. The lowest BCUT2D eigenvalue weighted by molar-refractivity contribution is -0.132. The number of hydrogen-bond acceptors (Lipinski definition) is 9. The van der Waals surface area contributed by atoms with Gasteiger partial charge >= 0.3 is 0 Å². The Morgan fingerprint density at radius 2 is 1.92 bits per heavy atom. The number of amides is 2. The lowest BCUT2D eigenvalue weighted by atomic mass is 10.1. The molecule has 11 heteroatoms. The van der Waals surface area contributed by atoms with Crippen LogP contribution in [0.2, 0.25) is 0 Å². The van der Waals surface area contributed by atoms with Crippen LogP contribution in [0.15, 0.2) is 53.2 Å². The van der Waals surface area contributed by atoms with Crippen molar-refractivity contribution in [2.75, 3.05) is 18.9 Å². The number of anilines is 1. The average Bonchev–Trinajstić information content (AvgIpc) is 3.56. The van der Waals surface area contributed by atoms with Crippen molar-refractivity contribution in [3.8, 4) is 28.6 Å². The molecule has 5 rings (SSSR count). The number of aromatic nitrogens is 3. The molecule has 3 heterocycles.